The zero-order valence-electron chi connectivity index (χ0n) is 13.9. The maximum atomic E-state index is 9.00. The zero-order chi connectivity index (χ0) is 18.6. The van der Waals surface area contributed by atoms with E-state index in [0.717, 1.165) is 22.6 Å². The van der Waals surface area contributed by atoms with Crippen LogP contribution in [0.1, 0.15) is 11.1 Å². The van der Waals surface area contributed by atoms with Crippen molar-refractivity contribution >= 4 is 30.6 Å². The first-order valence-corrected chi connectivity index (χ1v) is 7.64. The van der Waals surface area contributed by atoms with Crippen LogP contribution >= 0.6 is 0 Å². The van der Waals surface area contributed by atoms with E-state index >= 15 is 0 Å². The summed E-state index contributed by atoms with van der Waals surface area (Å²) in [4.78, 5) is 19.1. The molecule has 4 rings (SSSR count). The SMILES string of the molecule is C1=Cc2ccccc2ON=C1.C1=Cc2ccccc2ON=C1.NC(N)=O. The van der Waals surface area contributed by atoms with Gasteiger partial charge < -0.3 is 21.1 Å². The van der Waals surface area contributed by atoms with Crippen molar-refractivity contribution in [1.29, 1.82) is 0 Å². The van der Waals surface area contributed by atoms with Crippen LogP contribution in [0.15, 0.2) is 71.0 Å². The highest BCUT2D eigenvalue weighted by atomic mass is 16.6. The molecule has 0 saturated carbocycles. The lowest BCUT2D eigenvalue weighted by Gasteiger charge is -1.98. The third-order valence-corrected chi connectivity index (χ3v) is 2.99. The Labute approximate surface area is 150 Å². The van der Waals surface area contributed by atoms with Gasteiger partial charge in [-0.2, -0.15) is 0 Å². The Bertz CT molecular complexity index is 788. The van der Waals surface area contributed by atoms with Gasteiger partial charge in [0.1, 0.15) is 0 Å². The number of nitrogens with two attached hydrogens (primary N) is 2. The number of rotatable bonds is 0. The van der Waals surface area contributed by atoms with Crippen LogP contribution in [0.25, 0.3) is 12.2 Å². The number of carbonyl (C=O) groups is 1. The second-order valence-electron chi connectivity index (χ2n) is 4.89. The molecule has 0 bridgehead atoms. The van der Waals surface area contributed by atoms with Crippen molar-refractivity contribution in [3.8, 4) is 11.5 Å². The number of urea groups is 1. The van der Waals surface area contributed by atoms with Crippen molar-refractivity contribution in [2.24, 2.45) is 21.8 Å². The van der Waals surface area contributed by atoms with Crippen molar-refractivity contribution in [1.82, 2.24) is 0 Å². The van der Waals surface area contributed by atoms with Crippen LogP contribution < -0.4 is 21.1 Å². The van der Waals surface area contributed by atoms with Crippen LogP contribution in [-0.2, 0) is 0 Å². The summed E-state index contributed by atoms with van der Waals surface area (Å²) in [5.41, 5.74) is 10.6. The number of para-hydroxylation sites is 2. The van der Waals surface area contributed by atoms with Gasteiger partial charge in [0.2, 0.25) is 0 Å². The number of primary amides is 2. The summed E-state index contributed by atoms with van der Waals surface area (Å²) in [6, 6.07) is 14.7. The normalized spacial score (nSPS) is 12.3. The number of oxime groups is 2. The summed E-state index contributed by atoms with van der Waals surface area (Å²) >= 11 is 0. The second-order valence-corrected chi connectivity index (χ2v) is 4.89. The van der Waals surface area contributed by atoms with E-state index in [-0.39, 0.29) is 0 Å². The molecule has 0 atom stereocenters. The number of fused-ring (bicyclic) bond motifs is 2. The second kappa shape index (κ2) is 10.1. The molecule has 0 aromatic heterocycles. The molecule has 0 unspecified atom stereocenters. The lowest BCUT2D eigenvalue weighted by Crippen LogP contribution is -2.18. The minimum Gasteiger partial charge on any atom is -0.356 e. The molecule has 2 aliphatic rings. The molecule has 4 N–H and O–H groups in total. The van der Waals surface area contributed by atoms with E-state index in [0.29, 0.717) is 0 Å². The van der Waals surface area contributed by atoms with Crippen molar-refractivity contribution in [2.45, 2.75) is 0 Å². The van der Waals surface area contributed by atoms with Gasteiger partial charge in [-0.05, 0) is 36.4 Å². The molecule has 132 valence electrons. The average molecular weight is 350 g/mol. The molecule has 0 fully saturated rings. The van der Waals surface area contributed by atoms with Gasteiger partial charge >= 0.3 is 6.03 Å². The molecule has 0 radical (unpaired) electrons. The summed E-state index contributed by atoms with van der Waals surface area (Å²) in [7, 11) is 0. The van der Waals surface area contributed by atoms with E-state index < -0.39 is 6.03 Å². The topological polar surface area (TPSA) is 112 Å². The number of carbonyl (C=O) groups excluding carboxylic acids is 1. The molecule has 2 aliphatic heterocycles. The first-order valence-electron chi connectivity index (χ1n) is 7.64. The van der Waals surface area contributed by atoms with Gasteiger partial charge in [0, 0.05) is 11.1 Å². The summed E-state index contributed by atoms with van der Waals surface area (Å²) in [5, 5.41) is 7.40. The van der Waals surface area contributed by atoms with Gasteiger partial charge in [0.25, 0.3) is 0 Å². The molecular weight excluding hydrogens is 332 g/mol. The minimum atomic E-state index is -0.833. The van der Waals surface area contributed by atoms with Crippen molar-refractivity contribution in [3.05, 3.63) is 71.8 Å². The van der Waals surface area contributed by atoms with Crippen LogP contribution in [0.4, 0.5) is 4.79 Å². The van der Waals surface area contributed by atoms with Gasteiger partial charge in [0.05, 0.1) is 12.4 Å². The number of allylic oxidation sites excluding steroid dienone is 2. The molecule has 0 saturated heterocycles. The maximum absolute atomic E-state index is 9.00. The Kier molecular flexibility index (Phi) is 7.17. The highest BCUT2D eigenvalue weighted by Crippen LogP contribution is 2.21. The van der Waals surface area contributed by atoms with Crippen molar-refractivity contribution in [3.63, 3.8) is 0 Å². The van der Waals surface area contributed by atoms with E-state index in [4.69, 9.17) is 14.5 Å². The molecule has 2 aromatic carbocycles. The summed E-state index contributed by atoms with van der Waals surface area (Å²) < 4.78 is 0. The van der Waals surface area contributed by atoms with E-state index in [1.165, 1.54) is 0 Å². The van der Waals surface area contributed by atoms with Crippen molar-refractivity contribution < 1.29 is 14.5 Å². The minimum absolute atomic E-state index is 0.803. The molecular formula is C19H18N4O3. The lowest BCUT2D eigenvalue weighted by atomic mass is 10.2. The zero-order valence-corrected chi connectivity index (χ0v) is 13.9. The largest absolute Gasteiger partial charge is 0.356 e. The molecule has 0 spiro atoms. The fourth-order valence-corrected chi connectivity index (χ4v) is 1.94. The quantitative estimate of drug-likeness (QED) is 0.761. The third kappa shape index (κ3) is 6.32. The summed E-state index contributed by atoms with van der Waals surface area (Å²) in [5.74, 6) is 1.61. The Morgan fingerprint density at radius 2 is 1.12 bits per heavy atom. The number of benzene rings is 2. The van der Waals surface area contributed by atoms with Gasteiger partial charge in [-0.3, -0.25) is 0 Å². The van der Waals surface area contributed by atoms with Gasteiger partial charge in [-0.25, -0.2) is 4.79 Å². The Morgan fingerprint density at radius 3 is 1.54 bits per heavy atom. The Hall–Kier alpha value is -3.87. The number of nitrogens with zero attached hydrogens (tertiary/aromatic N) is 2. The van der Waals surface area contributed by atoms with Gasteiger partial charge in [-0.1, -0.05) is 46.7 Å². The maximum Gasteiger partial charge on any atom is 0.309 e. The van der Waals surface area contributed by atoms with Gasteiger partial charge in [-0.15, -0.1) is 0 Å². The van der Waals surface area contributed by atoms with Gasteiger partial charge in [0.15, 0.2) is 11.5 Å². The van der Waals surface area contributed by atoms with E-state index in [1.807, 2.05) is 72.8 Å². The monoisotopic (exact) mass is 350 g/mol. The van der Waals surface area contributed by atoms with E-state index in [9.17, 15) is 0 Å². The number of hydrogen-bond acceptors (Lipinski definition) is 5. The number of hydrogen-bond donors (Lipinski definition) is 2. The first-order chi connectivity index (χ1) is 12.7. The lowest BCUT2D eigenvalue weighted by molar-refractivity contribution is 0.256. The van der Waals surface area contributed by atoms with Crippen molar-refractivity contribution in [2.75, 3.05) is 0 Å². The smallest absolute Gasteiger partial charge is 0.309 e. The highest BCUT2D eigenvalue weighted by Gasteiger charge is 2.00. The van der Waals surface area contributed by atoms with Crippen LogP contribution in [-0.4, -0.2) is 18.5 Å². The third-order valence-electron chi connectivity index (χ3n) is 2.99. The molecule has 2 amide bonds. The average Bonchev–Trinajstić information content (AvgIpc) is 3.02. The standard InChI is InChI=1S/2C9H7NO.CH4N2O/c2*1-2-6-9-8(4-1)5-3-7-10-11-9;2-1(3)4/h2*1-7H;(H4,2,3,4). The van der Waals surface area contributed by atoms with E-state index in [1.54, 1.807) is 12.4 Å². The predicted molar refractivity (Wildman–Crippen MR) is 103 cm³/mol. The fourth-order valence-electron chi connectivity index (χ4n) is 1.94. The van der Waals surface area contributed by atoms with Crippen LogP contribution in [0.2, 0.25) is 0 Å². The molecule has 26 heavy (non-hydrogen) atoms. The fraction of sp³-hybridized carbons (Fsp3) is 0. The number of amides is 2. The van der Waals surface area contributed by atoms with Crippen LogP contribution in [0, 0.1) is 0 Å². The van der Waals surface area contributed by atoms with Crippen LogP contribution in [0.3, 0.4) is 0 Å². The van der Waals surface area contributed by atoms with Crippen LogP contribution in [0.5, 0.6) is 11.5 Å². The molecule has 2 aromatic rings. The Balaban J connectivity index is 0.000000156. The molecule has 0 aliphatic carbocycles. The predicted octanol–water partition coefficient (Wildman–Crippen LogP) is 3.18. The molecule has 7 nitrogen and oxygen atoms in total. The van der Waals surface area contributed by atoms with E-state index in [2.05, 4.69) is 21.8 Å². The summed E-state index contributed by atoms with van der Waals surface area (Å²) in [6.45, 7) is 0. The highest BCUT2D eigenvalue weighted by molar-refractivity contribution is 5.80. The molecule has 7 heteroatoms. The Morgan fingerprint density at radius 1 is 0.731 bits per heavy atom. The summed E-state index contributed by atoms with van der Waals surface area (Å²) in [6.07, 6.45) is 10.9. The molecule has 2 heterocycles. The first kappa shape index (κ1) is 18.5.